The molecule has 0 aliphatic heterocycles. The zero-order chi connectivity index (χ0) is 21.2. The second kappa shape index (κ2) is 11.9. The van der Waals surface area contributed by atoms with Crippen molar-refractivity contribution in [1.82, 2.24) is 4.90 Å². The van der Waals surface area contributed by atoms with Crippen molar-refractivity contribution < 1.29 is 9.53 Å². The van der Waals surface area contributed by atoms with Crippen LogP contribution in [0.3, 0.4) is 0 Å². The highest BCUT2D eigenvalue weighted by atomic mass is 32.1. The molecular formula is C23H32N2O2S2. The Balaban J connectivity index is 2.38. The second-order valence-corrected chi connectivity index (χ2v) is 8.56. The molecule has 0 saturated heterocycles. The summed E-state index contributed by atoms with van der Waals surface area (Å²) in [7, 11) is 0. The third-order valence-electron chi connectivity index (χ3n) is 4.70. The lowest BCUT2D eigenvalue weighted by Crippen LogP contribution is -2.36. The summed E-state index contributed by atoms with van der Waals surface area (Å²) in [5.74, 6) is -0.310. The number of nitrogens with zero attached hydrogens (tertiary/aromatic N) is 1. The Kier molecular flexibility index (Phi) is 9.61. The number of hydrogen-bond donors (Lipinski definition) is 1. The maximum absolute atomic E-state index is 12.9. The first-order valence-electron chi connectivity index (χ1n) is 10.4. The molecular weight excluding hydrogens is 400 g/mol. The van der Waals surface area contributed by atoms with Crippen LogP contribution >= 0.6 is 23.6 Å². The van der Waals surface area contributed by atoms with E-state index in [9.17, 15) is 4.79 Å². The monoisotopic (exact) mass is 432 g/mol. The minimum absolute atomic E-state index is 0.310. The van der Waals surface area contributed by atoms with Crippen LogP contribution in [-0.4, -0.2) is 35.7 Å². The van der Waals surface area contributed by atoms with Crippen LogP contribution in [0.25, 0.3) is 11.1 Å². The number of anilines is 1. The highest BCUT2D eigenvalue weighted by Crippen LogP contribution is 2.40. The normalized spacial score (nSPS) is 10.6. The van der Waals surface area contributed by atoms with Crippen LogP contribution in [0.4, 0.5) is 5.00 Å². The molecule has 29 heavy (non-hydrogen) atoms. The van der Waals surface area contributed by atoms with Gasteiger partial charge in [-0.25, -0.2) is 4.79 Å². The summed E-state index contributed by atoms with van der Waals surface area (Å²) in [5.41, 5.74) is 2.51. The van der Waals surface area contributed by atoms with Crippen molar-refractivity contribution in [3.05, 3.63) is 40.8 Å². The Morgan fingerprint density at radius 3 is 2.28 bits per heavy atom. The minimum atomic E-state index is -0.310. The summed E-state index contributed by atoms with van der Waals surface area (Å²) in [5, 5.41) is 4.82. The fourth-order valence-corrected chi connectivity index (χ4v) is 4.58. The van der Waals surface area contributed by atoms with Crippen molar-refractivity contribution in [2.24, 2.45) is 0 Å². The zero-order valence-corrected chi connectivity index (χ0v) is 19.5. The van der Waals surface area contributed by atoms with Gasteiger partial charge in [0, 0.05) is 23.5 Å². The van der Waals surface area contributed by atoms with Crippen molar-refractivity contribution in [2.75, 3.05) is 25.0 Å². The van der Waals surface area contributed by atoms with Crippen LogP contribution in [0.2, 0.25) is 0 Å². The van der Waals surface area contributed by atoms with Crippen LogP contribution in [-0.2, 0) is 4.74 Å². The highest BCUT2D eigenvalue weighted by Gasteiger charge is 2.25. The number of aryl methyl sites for hydroxylation is 1. The average molecular weight is 433 g/mol. The molecule has 1 aromatic carbocycles. The molecule has 2 aromatic rings. The van der Waals surface area contributed by atoms with Gasteiger partial charge >= 0.3 is 5.97 Å². The van der Waals surface area contributed by atoms with E-state index in [0.717, 1.165) is 59.8 Å². The van der Waals surface area contributed by atoms with E-state index in [2.05, 4.69) is 24.1 Å². The van der Waals surface area contributed by atoms with E-state index < -0.39 is 0 Å². The summed E-state index contributed by atoms with van der Waals surface area (Å²) in [6, 6.07) is 9.99. The number of thiophene rings is 1. The number of ether oxygens (including phenoxy) is 1. The minimum Gasteiger partial charge on any atom is -0.462 e. The number of carbonyl (C=O) groups excluding carboxylic acids is 1. The molecule has 1 aromatic heterocycles. The molecule has 0 aliphatic rings. The molecule has 0 saturated carbocycles. The Morgan fingerprint density at radius 1 is 1.10 bits per heavy atom. The number of nitrogens with one attached hydrogen (secondary N) is 1. The smallest absolute Gasteiger partial charge is 0.341 e. The molecule has 0 unspecified atom stereocenters. The van der Waals surface area contributed by atoms with E-state index in [-0.39, 0.29) is 5.97 Å². The molecule has 0 spiro atoms. The number of esters is 1. The number of hydrogen-bond acceptors (Lipinski definition) is 4. The van der Waals surface area contributed by atoms with Crippen LogP contribution in [0.1, 0.15) is 61.7 Å². The van der Waals surface area contributed by atoms with E-state index in [1.165, 1.54) is 0 Å². The Bertz CT molecular complexity index is 795. The van der Waals surface area contributed by atoms with Crippen LogP contribution < -0.4 is 5.32 Å². The molecule has 0 amide bonds. The van der Waals surface area contributed by atoms with Gasteiger partial charge in [-0.3, -0.25) is 0 Å². The maximum atomic E-state index is 12.9. The first-order chi connectivity index (χ1) is 14.0. The van der Waals surface area contributed by atoms with Crippen molar-refractivity contribution in [3.63, 3.8) is 0 Å². The van der Waals surface area contributed by atoms with Gasteiger partial charge in [0.05, 0.1) is 6.61 Å². The predicted octanol–water partition coefficient (Wildman–Crippen LogP) is 6.50. The van der Waals surface area contributed by atoms with E-state index >= 15 is 0 Å². The van der Waals surface area contributed by atoms with E-state index in [1.807, 2.05) is 44.2 Å². The largest absolute Gasteiger partial charge is 0.462 e. The molecule has 1 N–H and O–H groups in total. The van der Waals surface area contributed by atoms with Gasteiger partial charge in [0.25, 0.3) is 0 Å². The summed E-state index contributed by atoms with van der Waals surface area (Å²) in [6.45, 7) is 10.4. The van der Waals surface area contributed by atoms with Crippen molar-refractivity contribution >= 4 is 39.6 Å². The Hall–Kier alpha value is -1.92. The summed E-state index contributed by atoms with van der Waals surface area (Å²) in [6.07, 6.45) is 4.43. The van der Waals surface area contributed by atoms with Gasteiger partial charge in [-0.1, -0.05) is 57.0 Å². The Morgan fingerprint density at radius 2 is 1.72 bits per heavy atom. The molecule has 158 valence electrons. The zero-order valence-electron chi connectivity index (χ0n) is 17.9. The van der Waals surface area contributed by atoms with Gasteiger partial charge in [-0.2, -0.15) is 0 Å². The molecule has 0 bridgehead atoms. The number of carbonyl (C=O) groups is 1. The lowest BCUT2D eigenvalue weighted by molar-refractivity contribution is 0.0529. The van der Waals surface area contributed by atoms with Gasteiger partial charge < -0.3 is 15.0 Å². The van der Waals surface area contributed by atoms with Crippen molar-refractivity contribution in [1.29, 1.82) is 0 Å². The lowest BCUT2D eigenvalue weighted by atomic mass is 10.0. The summed E-state index contributed by atoms with van der Waals surface area (Å²) < 4.78 is 5.39. The third kappa shape index (κ3) is 6.28. The highest BCUT2D eigenvalue weighted by molar-refractivity contribution is 7.80. The van der Waals surface area contributed by atoms with Gasteiger partial charge in [-0.05, 0) is 44.5 Å². The molecule has 0 fully saturated rings. The molecule has 4 nitrogen and oxygen atoms in total. The standard InChI is InChI=1S/C23H32N2O2S2/c1-5-8-15-25(16-9-6-2)23(28)24-21-20(22(26)27-7-3)19(17(4)29-21)18-13-11-10-12-14-18/h10-14H,5-9,15-16H2,1-4H3,(H,24,28). The SMILES string of the molecule is CCCCN(CCCC)C(=S)Nc1sc(C)c(-c2ccccc2)c1C(=O)OCC. The molecule has 2 rings (SSSR count). The lowest BCUT2D eigenvalue weighted by Gasteiger charge is -2.25. The fraction of sp³-hybridized carbons (Fsp3) is 0.478. The van der Waals surface area contributed by atoms with Crippen LogP contribution in [0, 0.1) is 6.92 Å². The molecule has 6 heteroatoms. The molecule has 1 heterocycles. The topological polar surface area (TPSA) is 41.6 Å². The molecule has 0 atom stereocenters. The second-order valence-electron chi connectivity index (χ2n) is 6.95. The molecule has 0 radical (unpaired) electrons. The van der Waals surface area contributed by atoms with Gasteiger partial charge in [0.1, 0.15) is 10.6 Å². The summed E-state index contributed by atoms with van der Waals surface area (Å²) >= 11 is 7.29. The van der Waals surface area contributed by atoms with Gasteiger partial charge in [0.2, 0.25) is 0 Å². The average Bonchev–Trinajstić information content (AvgIpc) is 3.04. The number of benzene rings is 1. The quantitative estimate of drug-likeness (QED) is 0.343. The molecule has 0 aliphatic carbocycles. The fourth-order valence-electron chi connectivity index (χ4n) is 3.17. The number of thiocarbonyl (C=S) groups is 1. The predicted molar refractivity (Wildman–Crippen MR) is 128 cm³/mol. The van der Waals surface area contributed by atoms with Crippen LogP contribution in [0.5, 0.6) is 0 Å². The van der Waals surface area contributed by atoms with Gasteiger partial charge in [-0.15, -0.1) is 11.3 Å². The van der Waals surface area contributed by atoms with Gasteiger partial charge in [0.15, 0.2) is 5.11 Å². The number of unbranched alkanes of at least 4 members (excludes halogenated alkanes) is 2. The van der Waals surface area contributed by atoms with E-state index in [4.69, 9.17) is 17.0 Å². The van der Waals surface area contributed by atoms with Crippen molar-refractivity contribution in [2.45, 2.75) is 53.4 Å². The van der Waals surface area contributed by atoms with E-state index in [1.54, 1.807) is 11.3 Å². The third-order valence-corrected chi connectivity index (χ3v) is 6.08. The van der Waals surface area contributed by atoms with E-state index in [0.29, 0.717) is 17.3 Å². The van der Waals surface area contributed by atoms with Crippen LogP contribution in [0.15, 0.2) is 30.3 Å². The Labute approximate surface area is 184 Å². The van der Waals surface area contributed by atoms with Crippen molar-refractivity contribution in [3.8, 4) is 11.1 Å². The first-order valence-corrected chi connectivity index (χ1v) is 11.7. The summed E-state index contributed by atoms with van der Waals surface area (Å²) in [4.78, 5) is 16.1. The maximum Gasteiger partial charge on any atom is 0.341 e. The number of rotatable bonds is 10. The first kappa shape index (κ1) is 23.4.